The predicted octanol–water partition coefficient (Wildman–Crippen LogP) is 1.47. The molecule has 1 aliphatic rings. The first-order chi connectivity index (χ1) is 11.4. The van der Waals surface area contributed by atoms with Gasteiger partial charge in [-0.25, -0.2) is 4.39 Å². The Morgan fingerprint density at radius 2 is 2.00 bits per heavy atom. The molecule has 0 radical (unpaired) electrons. The number of aryl methyl sites for hydroxylation is 1. The maximum absolute atomic E-state index is 13.4. The molecular weight excluding hydrogens is 309 g/mol. The van der Waals surface area contributed by atoms with Gasteiger partial charge in [-0.1, -0.05) is 12.1 Å². The summed E-state index contributed by atoms with van der Waals surface area (Å²) in [6.45, 7) is 7.12. The normalized spacial score (nSPS) is 20.3. The fraction of sp³-hybridized carbons (Fsp3) is 0.556. The van der Waals surface area contributed by atoms with Crippen molar-refractivity contribution in [3.8, 4) is 0 Å². The average Bonchev–Trinajstić information content (AvgIpc) is 2.94. The van der Waals surface area contributed by atoms with Crippen LogP contribution in [0, 0.1) is 12.7 Å². The van der Waals surface area contributed by atoms with E-state index in [0.717, 1.165) is 5.56 Å². The molecule has 1 aromatic carbocycles. The van der Waals surface area contributed by atoms with E-state index in [9.17, 15) is 14.0 Å². The van der Waals surface area contributed by atoms with Crippen molar-refractivity contribution in [1.29, 1.82) is 0 Å². The van der Waals surface area contributed by atoms with E-state index in [4.69, 9.17) is 5.73 Å². The largest absolute Gasteiger partial charge is 0.341 e. The van der Waals surface area contributed by atoms with Crippen LogP contribution in [0.2, 0.25) is 0 Å². The number of nitrogens with two attached hydrogens (primary N) is 1. The number of hydrogen-bond acceptors (Lipinski definition) is 3. The molecule has 0 spiro atoms. The van der Waals surface area contributed by atoms with Gasteiger partial charge in [0.15, 0.2) is 0 Å². The Morgan fingerprint density at radius 3 is 2.58 bits per heavy atom. The minimum Gasteiger partial charge on any atom is -0.341 e. The maximum atomic E-state index is 13.4. The Bertz CT molecular complexity index is 616. The number of halogens is 1. The van der Waals surface area contributed by atoms with Gasteiger partial charge < -0.3 is 15.5 Å². The molecule has 0 unspecified atom stereocenters. The lowest BCUT2D eigenvalue weighted by atomic mass is 10.1. The van der Waals surface area contributed by atoms with Crippen molar-refractivity contribution in [2.24, 2.45) is 5.73 Å². The van der Waals surface area contributed by atoms with Gasteiger partial charge in [-0.2, -0.15) is 0 Å². The number of nitrogens with zero attached hydrogens (tertiary/aromatic N) is 2. The molecule has 2 rings (SSSR count). The Labute approximate surface area is 142 Å². The second-order valence-corrected chi connectivity index (χ2v) is 6.33. The van der Waals surface area contributed by atoms with Crippen LogP contribution in [0.4, 0.5) is 4.39 Å². The van der Waals surface area contributed by atoms with E-state index < -0.39 is 6.04 Å². The second-order valence-electron chi connectivity index (χ2n) is 6.33. The van der Waals surface area contributed by atoms with Gasteiger partial charge in [0.2, 0.25) is 11.8 Å². The van der Waals surface area contributed by atoms with Crippen LogP contribution in [0.3, 0.4) is 0 Å². The third-order valence-electron chi connectivity index (χ3n) is 4.59. The van der Waals surface area contributed by atoms with Crippen LogP contribution in [-0.4, -0.2) is 53.3 Å². The minimum atomic E-state index is -0.492. The number of benzene rings is 1. The lowest BCUT2D eigenvalue weighted by Crippen LogP contribution is -2.48. The van der Waals surface area contributed by atoms with Gasteiger partial charge in [-0.15, -0.1) is 0 Å². The Hall–Kier alpha value is -1.95. The van der Waals surface area contributed by atoms with Crippen molar-refractivity contribution in [3.05, 3.63) is 35.1 Å². The smallest absolute Gasteiger partial charge is 0.245 e. The van der Waals surface area contributed by atoms with Crippen LogP contribution in [-0.2, 0) is 16.0 Å². The van der Waals surface area contributed by atoms with Gasteiger partial charge in [0.1, 0.15) is 11.9 Å². The Kier molecular flexibility index (Phi) is 5.94. The molecular formula is C18H26FN3O2. The molecule has 2 atom stereocenters. The Morgan fingerprint density at radius 1 is 1.33 bits per heavy atom. The van der Waals surface area contributed by atoms with Crippen LogP contribution >= 0.6 is 0 Å². The molecule has 1 fully saturated rings. The van der Waals surface area contributed by atoms with E-state index in [0.29, 0.717) is 31.6 Å². The van der Waals surface area contributed by atoms with Crippen molar-refractivity contribution in [2.75, 3.05) is 19.6 Å². The molecule has 0 saturated carbocycles. The van der Waals surface area contributed by atoms with E-state index in [2.05, 4.69) is 0 Å². The first-order valence-electron chi connectivity index (χ1n) is 8.46. The highest BCUT2D eigenvalue weighted by atomic mass is 19.1. The van der Waals surface area contributed by atoms with Crippen LogP contribution in [0.15, 0.2) is 18.2 Å². The van der Waals surface area contributed by atoms with Gasteiger partial charge in [-0.05, 0) is 44.4 Å². The zero-order valence-corrected chi connectivity index (χ0v) is 14.6. The van der Waals surface area contributed by atoms with Crippen molar-refractivity contribution >= 4 is 11.8 Å². The summed E-state index contributed by atoms with van der Waals surface area (Å²) in [4.78, 5) is 28.6. The number of rotatable bonds is 5. The molecule has 1 aromatic rings. The molecule has 1 saturated heterocycles. The molecule has 0 aliphatic carbocycles. The molecule has 5 nitrogen and oxygen atoms in total. The standard InChI is InChI=1S/C18H26FN3O2/c1-4-21(5-2)18(24)16-10-14(20)11-22(16)17(23)9-13-6-7-15(19)12(3)8-13/h6-8,14,16H,4-5,9-11,20H2,1-3H3/t14-,16+/m1/s1. The molecule has 1 heterocycles. The molecule has 2 N–H and O–H groups in total. The highest BCUT2D eigenvalue weighted by molar-refractivity contribution is 5.89. The summed E-state index contributed by atoms with van der Waals surface area (Å²) in [6, 6.07) is 3.97. The van der Waals surface area contributed by atoms with Crippen LogP contribution < -0.4 is 5.73 Å². The minimum absolute atomic E-state index is 0.0448. The van der Waals surface area contributed by atoms with Crippen molar-refractivity contribution in [3.63, 3.8) is 0 Å². The van der Waals surface area contributed by atoms with E-state index in [1.54, 1.807) is 28.9 Å². The molecule has 2 amide bonds. The second kappa shape index (κ2) is 7.75. The molecule has 6 heteroatoms. The fourth-order valence-corrected chi connectivity index (χ4v) is 3.22. The average molecular weight is 335 g/mol. The van der Waals surface area contributed by atoms with E-state index in [-0.39, 0.29) is 30.1 Å². The summed E-state index contributed by atoms with van der Waals surface area (Å²) in [7, 11) is 0. The van der Waals surface area contributed by atoms with E-state index in [1.807, 2.05) is 13.8 Å². The molecule has 0 aromatic heterocycles. The first kappa shape index (κ1) is 18.4. The molecule has 0 bridgehead atoms. The van der Waals surface area contributed by atoms with Gasteiger partial charge in [0.25, 0.3) is 0 Å². The number of carbonyl (C=O) groups is 2. The molecule has 132 valence electrons. The monoisotopic (exact) mass is 335 g/mol. The van der Waals surface area contributed by atoms with Crippen LogP contribution in [0.5, 0.6) is 0 Å². The topological polar surface area (TPSA) is 66.6 Å². The van der Waals surface area contributed by atoms with Crippen molar-refractivity contribution in [2.45, 2.75) is 45.7 Å². The summed E-state index contributed by atoms with van der Waals surface area (Å²) in [6.07, 6.45) is 0.638. The first-order valence-corrected chi connectivity index (χ1v) is 8.46. The van der Waals surface area contributed by atoms with Gasteiger partial charge in [0, 0.05) is 25.7 Å². The van der Waals surface area contributed by atoms with E-state index in [1.165, 1.54) is 6.07 Å². The number of likely N-dealkylation sites (tertiary alicyclic amines) is 1. The summed E-state index contributed by atoms with van der Waals surface area (Å²) < 4.78 is 13.4. The molecule has 24 heavy (non-hydrogen) atoms. The van der Waals surface area contributed by atoms with Crippen LogP contribution in [0.25, 0.3) is 0 Å². The summed E-state index contributed by atoms with van der Waals surface area (Å²) >= 11 is 0. The number of hydrogen-bond donors (Lipinski definition) is 1. The zero-order valence-electron chi connectivity index (χ0n) is 14.6. The lowest BCUT2D eigenvalue weighted by Gasteiger charge is -2.29. The van der Waals surface area contributed by atoms with Crippen LogP contribution in [0.1, 0.15) is 31.4 Å². The highest BCUT2D eigenvalue weighted by Crippen LogP contribution is 2.21. The van der Waals surface area contributed by atoms with E-state index >= 15 is 0 Å². The fourth-order valence-electron chi connectivity index (χ4n) is 3.22. The predicted molar refractivity (Wildman–Crippen MR) is 90.9 cm³/mol. The number of likely N-dealkylation sites (N-methyl/N-ethyl adjacent to an activating group) is 1. The zero-order chi connectivity index (χ0) is 17.9. The number of amides is 2. The third-order valence-corrected chi connectivity index (χ3v) is 4.59. The van der Waals surface area contributed by atoms with Gasteiger partial charge in [0.05, 0.1) is 6.42 Å². The van der Waals surface area contributed by atoms with Gasteiger partial charge >= 0.3 is 0 Å². The van der Waals surface area contributed by atoms with Gasteiger partial charge in [-0.3, -0.25) is 9.59 Å². The highest BCUT2D eigenvalue weighted by Gasteiger charge is 2.39. The lowest BCUT2D eigenvalue weighted by molar-refractivity contribution is -0.143. The maximum Gasteiger partial charge on any atom is 0.245 e. The summed E-state index contributed by atoms with van der Waals surface area (Å²) in [5.74, 6) is -0.472. The number of carbonyl (C=O) groups excluding carboxylic acids is 2. The summed E-state index contributed by atoms with van der Waals surface area (Å²) in [5, 5.41) is 0. The summed E-state index contributed by atoms with van der Waals surface area (Å²) in [5.41, 5.74) is 7.25. The SMILES string of the molecule is CCN(CC)C(=O)[C@@H]1C[C@@H](N)CN1C(=O)Cc1ccc(F)c(C)c1. The quantitative estimate of drug-likeness (QED) is 0.886. The Balaban J connectivity index is 2.13. The third kappa shape index (κ3) is 3.93. The molecule has 1 aliphatic heterocycles. The van der Waals surface area contributed by atoms with Crippen molar-refractivity contribution < 1.29 is 14.0 Å². The van der Waals surface area contributed by atoms with Crippen molar-refractivity contribution in [1.82, 2.24) is 9.80 Å².